The second kappa shape index (κ2) is 3.41. The standard InChI is InChI=1S/C8H15BO3/c1-4-6(2)7(3,11)8(9,12)5-10/h4-6,11-12H,1,9H2,2-3H3. The molecule has 3 unspecified atom stereocenters. The maximum Gasteiger partial charge on any atom is 0.156 e. The van der Waals surface area contributed by atoms with Crippen molar-refractivity contribution in [3.8, 4) is 0 Å². The lowest BCUT2D eigenvalue weighted by Crippen LogP contribution is -2.57. The minimum absolute atomic E-state index is 0.340. The zero-order valence-electron chi connectivity index (χ0n) is 7.74. The fourth-order valence-electron chi connectivity index (χ4n) is 0.810. The van der Waals surface area contributed by atoms with Crippen LogP contribution in [0.3, 0.4) is 0 Å². The Labute approximate surface area is 73.5 Å². The SMILES string of the molecule is BC(O)(C=O)C(C)(O)C(C)C=C. The third-order valence-corrected chi connectivity index (χ3v) is 2.49. The summed E-state index contributed by atoms with van der Waals surface area (Å²) in [5.74, 6) is -0.349. The highest BCUT2D eigenvalue weighted by Gasteiger charge is 2.44. The molecule has 4 heteroatoms. The van der Waals surface area contributed by atoms with Gasteiger partial charge in [0.25, 0.3) is 0 Å². The van der Waals surface area contributed by atoms with E-state index in [9.17, 15) is 15.0 Å². The van der Waals surface area contributed by atoms with E-state index in [4.69, 9.17) is 0 Å². The molecule has 0 fully saturated rings. The first kappa shape index (κ1) is 11.4. The number of rotatable bonds is 4. The van der Waals surface area contributed by atoms with Crippen LogP contribution in [0.5, 0.6) is 0 Å². The van der Waals surface area contributed by atoms with Crippen molar-refractivity contribution in [2.24, 2.45) is 5.92 Å². The van der Waals surface area contributed by atoms with Gasteiger partial charge in [0.15, 0.2) is 7.85 Å². The Hall–Kier alpha value is -0.605. The largest absolute Gasteiger partial charge is 0.389 e. The molecule has 0 radical (unpaired) electrons. The average molecular weight is 170 g/mol. The maximum atomic E-state index is 10.4. The van der Waals surface area contributed by atoms with Gasteiger partial charge >= 0.3 is 0 Å². The van der Waals surface area contributed by atoms with Gasteiger partial charge in [-0.15, -0.1) is 6.58 Å². The molecule has 0 saturated heterocycles. The van der Waals surface area contributed by atoms with E-state index in [1.54, 1.807) is 6.92 Å². The molecule has 0 aliphatic carbocycles. The lowest BCUT2D eigenvalue weighted by Gasteiger charge is -2.38. The van der Waals surface area contributed by atoms with Gasteiger partial charge < -0.3 is 15.0 Å². The summed E-state index contributed by atoms with van der Waals surface area (Å²) in [6.07, 6.45) is 1.84. The van der Waals surface area contributed by atoms with Crippen LogP contribution in [0.1, 0.15) is 13.8 Å². The van der Waals surface area contributed by atoms with E-state index >= 15 is 0 Å². The van der Waals surface area contributed by atoms with Crippen molar-refractivity contribution < 1.29 is 15.0 Å². The molecule has 0 aromatic rings. The first-order valence-electron chi connectivity index (χ1n) is 3.83. The van der Waals surface area contributed by atoms with Crippen molar-refractivity contribution in [2.45, 2.75) is 24.9 Å². The van der Waals surface area contributed by atoms with E-state index in [0.29, 0.717) is 6.29 Å². The normalized spacial score (nSPS) is 23.3. The highest BCUT2D eigenvalue weighted by Crippen LogP contribution is 2.26. The van der Waals surface area contributed by atoms with Gasteiger partial charge in [0.2, 0.25) is 0 Å². The van der Waals surface area contributed by atoms with Crippen LogP contribution in [-0.2, 0) is 4.79 Å². The van der Waals surface area contributed by atoms with Gasteiger partial charge in [-0.25, -0.2) is 0 Å². The predicted octanol–water partition coefficient (Wildman–Crippen LogP) is -0.920. The van der Waals surface area contributed by atoms with Gasteiger partial charge in [-0.1, -0.05) is 13.0 Å². The van der Waals surface area contributed by atoms with E-state index in [-0.39, 0.29) is 5.92 Å². The molecule has 0 bridgehead atoms. The Morgan fingerprint density at radius 3 is 2.25 bits per heavy atom. The third-order valence-electron chi connectivity index (χ3n) is 2.49. The van der Waals surface area contributed by atoms with Crippen molar-refractivity contribution in [2.75, 3.05) is 0 Å². The van der Waals surface area contributed by atoms with Crippen LogP contribution in [-0.4, -0.2) is 35.4 Å². The van der Waals surface area contributed by atoms with Crippen LogP contribution in [0.25, 0.3) is 0 Å². The number of aldehydes is 1. The third kappa shape index (κ3) is 1.76. The first-order chi connectivity index (χ1) is 5.29. The molecule has 68 valence electrons. The zero-order chi connectivity index (χ0) is 9.99. The zero-order valence-corrected chi connectivity index (χ0v) is 7.74. The molecule has 0 aliphatic heterocycles. The Kier molecular flexibility index (Phi) is 3.24. The van der Waals surface area contributed by atoms with Gasteiger partial charge in [-0.2, -0.15) is 0 Å². The van der Waals surface area contributed by atoms with Crippen LogP contribution >= 0.6 is 0 Å². The summed E-state index contributed by atoms with van der Waals surface area (Å²) in [7, 11) is 1.28. The van der Waals surface area contributed by atoms with Crippen molar-refractivity contribution in [3.05, 3.63) is 12.7 Å². The molecular weight excluding hydrogens is 155 g/mol. The molecule has 0 spiro atoms. The number of hydrogen-bond donors (Lipinski definition) is 2. The van der Waals surface area contributed by atoms with Gasteiger partial charge in [0.05, 0.1) is 5.60 Å². The Morgan fingerprint density at radius 1 is 1.58 bits per heavy atom. The molecule has 0 saturated carbocycles. The minimum atomic E-state index is -1.74. The highest BCUT2D eigenvalue weighted by molar-refractivity contribution is 6.24. The fourth-order valence-corrected chi connectivity index (χ4v) is 0.810. The second-order valence-electron chi connectivity index (χ2n) is 3.44. The molecule has 3 atom stereocenters. The molecule has 12 heavy (non-hydrogen) atoms. The average Bonchev–Trinajstić information content (AvgIpc) is 2.02. The molecule has 0 aromatic heterocycles. The Morgan fingerprint density at radius 2 is 2.00 bits per heavy atom. The molecule has 0 aliphatic rings. The Balaban J connectivity index is 4.81. The number of hydrogen-bond acceptors (Lipinski definition) is 3. The molecule has 3 nitrogen and oxygen atoms in total. The lowest BCUT2D eigenvalue weighted by atomic mass is 9.65. The van der Waals surface area contributed by atoms with Gasteiger partial charge in [0, 0.05) is 5.92 Å². The van der Waals surface area contributed by atoms with Crippen molar-refractivity contribution in [1.29, 1.82) is 0 Å². The number of carbonyl (C=O) groups excluding carboxylic acids is 1. The minimum Gasteiger partial charge on any atom is -0.389 e. The molecular formula is C8H15BO3. The molecule has 0 rings (SSSR count). The molecule has 0 amide bonds. The van der Waals surface area contributed by atoms with Crippen LogP contribution in [0.2, 0.25) is 0 Å². The summed E-state index contributed by atoms with van der Waals surface area (Å²) in [6.45, 7) is 6.58. The smallest absolute Gasteiger partial charge is 0.156 e. The summed E-state index contributed by atoms with van der Waals surface area (Å²) in [5, 5.41) is 19.2. The van der Waals surface area contributed by atoms with Crippen LogP contribution in [0.15, 0.2) is 12.7 Å². The van der Waals surface area contributed by atoms with Crippen molar-refractivity contribution in [1.82, 2.24) is 0 Å². The summed E-state index contributed by atoms with van der Waals surface area (Å²) < 4.78 is 0. The summed E-state index contributed by atoms with van der Waals surface area (Å²) in [5.41, 5.74) is -3.21. The van der Waals surface area contributed by atoms with Gasteiger partial charge in [-0.3, -0.25) is 0 Å². The highest BCUT2D eigenvalue weighted by atomic mass is 16.4. The molecule has 0 aromatic carbocycles. The van der Waals surface area contributed by atoms with E-state index in [1.807, 2.05) is 0 Å². The number of carbonyl (C=O) groups is 1. The van der Waals surface area contributed by atoms with Crippen molar-refractivity contribution in [3.63, 3.8) is 0 Å². The lowest BCUT2D eigenvalue weighted by molar-refractivity contribution is -0.142. The first-order valence-corrected chi connectivity index (χ1v) is 3.83. The monoisotopic (exact) mass is 170 g/mol. The molecule has 0 heterocycles. The van der Waals surface area contributed by atoms with E-state index < -0.39 is 11.1 Å². The Bertz CT molecular complexity index is 187. The summed E-state index contributed by atoms with van der Waals surface area (Å²) in [4.78, 5) is 10.4. The van der Waals surface area contributed by atoms with E-state index in [0.717, 1.165) is 0 Å². The van der Waals surface area contributed by atoms with Gasteiger partial charge in [-0.05, 0) is 6.92 Å². The van der Waals surface area contributed by atoms with Crippen LogP contribution in [0.4, 0.5) is 0 Å². The van der Waals surface area contributed by atoms with E-state index in [1.165, 1.54) is 20.8 Å². The topological polar surface area (TPSA) is 57.5 Å². The number of aliphatic hydroxyl groups is 2. The summed E-state index contributed by atoms with van der Waals surface area (Å²) >= 11 is 0. The van der Waals surface area contributed by atoms with Crippen LogP contribution < -0.4 is 0 Å². The van der Waals surface area contributed by atoms with E-state index in [2.05, 4.69) is 6.58 Å². The van der Waals surface area contributed by atoms with Gasteiger partial charge in [0.1, 0.15) is 11.8 Å². The van der Waals surface area contributed by atoms with Crippen LogP contribution in [0, 0.1) is 5.92 Å². The maximum absolute atomic E-state index is 10.4. The predicted molar refractivity (Wildman–Crippen MR) is 49.5 cm³/mol. The fraction of sp³-hybridized carbons (Fsp3) is 0.625. The molecule has 2 N–H and O–H groups in total. The summed E-state index contributed by atoms with van der Waals surface area (Å²) in [6, 6.07) is 0. The van der Waals surface area contributed by atoms with Crippen molar-refractivity contribution >= 4 is 14.1 Å². The second-order valence-corrected chi connectivity index (χ2v) is 3.44. The quantitative estimate of drug-likeness (QED) is 0.326.